The van der Waals surface area contributed by atoms with Gasteiger partial charge in [0.15, 0.2) is 0 Å². The van der Waals surface area contributed by atoms with E-state index in [1.54, 1.807) is 0 Å². The molecule has 0 aliphatic carbocycles. The van der Waals surface area contributed by atoms with E-state index in [9.17, 15) is 4.79 Å². The van der Waals surface area contributed by atoms with Gasteiger partial charge in [-0.3, -0.25) is 9.78 Å². The third-order valence-corrected chi connectivity index (χ3v) is 4.16. The summed E-state index contributed by atoms with van der Waals surface area (Å²) in [6, 6.07) is 9.96. The van der Waals surface area contributed by atoms with Gasteiger partial charge in [-0.05, 0) is 30.2 Å². The molecule has 1 atom stereocenters. The summed E-state index contributed by atoms with van der Waals surface area (Å²) in [6.45, 7) is 5.33. The van der Waals surface area contributed by atoms with Gasteiger partial charge in [0.2, 0.25) is 5.91 Å². The summed E-state index contributed by atoms with van der Waals surface area (Å²) in [7, 11) is 2.02. The second-order valence-electron chi connectivity index (χ2n) is 6.04. The lowest BCUT2D eigenvalue weighted by Gasteiger charge is -2.18. The van der Waals surface area contributed by atoms with Crippen LogP contribution < -0.4 is 10.2 Å². The van der Waals surface area contributed by atoms with Crippen molar-refractivity contribution in [2.24, 2.45) is 5.92 Å². The van der Waals surface area contributed by atoms with Crippen molar-refractivity contribution in [2.75, 3.05) is 18.5 Å². The summed E-state index contributed by atoms with van der Waals surface area (Å²) < 4.78 is 0. The first-order valence-electron chi connectivity index (χ1n) is 8.43. The van der Waals surface area contributed by atoms with Crippen LogP contribution in [0.15, 0.2) is 42.7 Å². The smallest absolute Gasteiger partial charge is 0.223 e. The molecule has 0 bridgehead atoms. The fourth-order valence-corrected chi connectivity index (χ4v) is 2.24. The zero-order chi connectivity index (χ0) is 17.4. The molecule has 0 aliphatic rings. The first-order chi connectivity index (χ1) is 11.6. The number of carbonyl (C=O) groups is 1. The van der Waals surface area contributed by atoms with E-state index >= 15 is 0 Å². The maximum atomic E-state index is 11.8. The van der Waals surface area contributed by atoms with Crippen LogP contribution >= 0.6 is 0 Å². The van der Waals surface area contributed by atoms with Crippen molar-refractivity contribution in [3.8, 4) is 0 Å². The maximum absolute atomic E-state index is 11.8. The molecule has 2 rings (SSSR count). The Kier molecular flexibility index (Phi) is 6.73. The van der Waals surface area contributed by atoms with E-state index < -0.39 is 0 Å². The average molecular weight is 326 g/mol. The third kappa shape index (κ3) is 5.33. The summed E-state index contributed by atoms with van der Waals surface area (Å²) in [5.41, 5.74) is 2.09. The van der Waals surface area contributed by atoms with Crippen molar-refractivity contribution in [2.45, 2.75) is 33.2 Å². The highest BCUT2D eigenvalue weighted by molar-refractivity contribution is 5.78. The Morgan fingerprint density at radius 1 is 1.25 bits per heavy atom. The van der Waals surface area contributed by atoms with Gasteiger partial charge in [0.1, 0.15) is 5.82 Å². The molecule has 128 valence electrons. The molecule has 2 aromatic heterocycles. The van der Waals surface area contributed by atoms with Gasteiger partial charge >= 0.3 is 0 Å². The first-order valence-corrected chi connectivity index (χ1v) is 8.43. The molecule has 5 nitrogen and oxygen atoms in total. The van der Waals surface area contributed by atoms with Gasteiger partial charge < -0.3 is 10.2 Å². The molecule has 24 heavy (non-hydrogen) atoms. The molecule has 0 aliphatic heterocycles. The average Bonchev–Trinajstić information content (AvgIpc) is 2.64. The summed E-state index contributed by atoms with van der Waals surface area (Å²) >= 11 is 0. The minimum atomic E-state index is 0.0509. The molecule has 0 saturated carbocycles. The highest BCUT2D eigenvalue weighted by Gasteiger charge is 2.10. The number of nitrogens with zero attached hydrogens (tertiary/aromatic N) is 3. The Morgan fingerprint density at radius 3 is 2.71 bits per heavy atom. The van der Waals surface area contributed by atoms with Gasteiger partial charge in [-0.2, -0.15) is 0 Å². The fraction of sp³-hybridized carbons (Fsp3) is 0.421. The molecule has 2 aromatic rings. The second-order valence-corrected chi connectivity index (χ2v) is 6.04. The van der Waals surface area contributed by atoms with E-state index in [1.807, 2.05) is 63.6 Å². The van der Waals surface area contributed by atoms with Gasteiger partial charge in [0.05, 0.1) is 0 Å². The zero-order valence-electron chi connectivity index (χ0n) is 14.7. The largest absolute Gasteiger partial charge is 0.359 e. The molecule has 0 saturated heterocycles. The predicted octanol–water partition coefficient (Wildman–Crippen LogP) is 2.82. The van der Waals surface area contributed by atoms with Crippen LogP contribution in [0.2, 0.25) is 0 Å². The zero-order valence-corrected chi connectivity index (χ0v) is 14.7. The lowest BCUT2D eigenvalue weighted by molar-refractivity contribution is -0.124. The quantitative estimate of drug-likeness (QED) is 0.810. The van der Waals surface area contributed by atoms with Crippen LogP contribution in [0.3, 0.4) is 0 Å². The lowest BCUT2D eigenvalue weighted by Crippen LogP contribution is -2.28. The number of rotatable bonds is 8. The molecular weight excluding hydrogens is 300 g/mol. The van der Waals surface area contributed by atoms with Gasteiger partial charge in [-0.1, -0.05) is 26.0 Å². The molecule has 1 amide bonds. The number of nitrogens with one attached hydrogen (secondary N) is 1. The number of anilines is 1. The van der Waals surface area contributed by atoms with Crippen molar-refractivity contribution < 1.29 is 4.79 Å². The van der Waals surface area contributed by atoms with Crippen LogP contribution in [0.1, 0.15) is 31.5 Å². The van der Waals surface area contributed by atoms with E-state index in [0.717, 1.165) is 36.5 Å². The van der Waals surface area contributed by atoms with Gasteiger partial charge in [-0.25, -0.2) is 4.98 Å². The van der Waals surface area contributed by atoms with Crippen molar-refractivity contribution in [1.82, 2.24) is 15.3 Å². The van der Waals surface area contributed by atoms with Gasteiger partial charge in [-0.15, -0.1) is 0 Å². The summed E-state index contributed by atoms with van der Waals surface area (Å²) in [4.78, 5) is 22.7. The van der Waals surface area contributed by atoms with Gasteiger partial charge in [0.25, 0.3) is 0 Å². The number of amides is 1. The maximum Gasteiger partial charge on any atom is 0.223 e. The minimum absolute atomic E-state index is 0.0509. The van der Waals surface area contributed by atoms with Crippen LogP contribution in [0, 0.1) is 5.92 Å². The van der Waals surface area contributed by atoms with E-state index in [1.165, 1.54) is 0 Å². The standard InChI is InChI=1S/C19H26N4O/c1-4-15(2)19(24)22-14-16-8-9-18(21-13-16)23(3)12-10-17-7-5-6-11-20-17/h5-9,11,13,15H,4,10,12,14H2,1-3H3,(H,22,24). The summed E-state index contributed by atoms with van der Waals surface area (Å²) in [5, 5.41) is 2.94. The fourth-order valence-electron chi connectivity index (χ4n) is 2.24. The van der Waals surface area contributed by atoms with E-state index in [-0.39, 0.29) is 11.8 Å². The van der Waals surface area contributed by atoms with Crippen LogP contribution in [0.4, 0.5) is 5.82 Å². The predicted molar refractivity (Wildman–Crippen MR) is 96.7 cm³/mol. The monoisotopic (exact) mass is 326 g/mol. The molecule has 5 heteroatoms. The molecule has 0 aromatic carbocycles. The minimum Gasteiger partial charge on any atom is -0.359 e. The van der Waals surface area contributed by atoms with Crippen molar-refractivity contribution in [3.05, 3.63) is 54.0 Å². The Bertz CT molecular complexity index is 628. The van der Waals surface area contributed by atoms with Crippen molar-refractivity contribution >= 4 is 11.7 Å². The molecule has 0 spiro atoms. The lowest BCUT2D eigenvalue weighted by atomic mass is 10.1. The molecule has 1 unspecified atom stereocenters. The molecule has 0 fully saturated rings. The van der Waals surface area contributed by atoms with E-state index in [4.69, 9.17) is 0 Å². The Morgan fingerprint density at radius 2 is 2.08 bits per heavy atom. The first kappa shape index (κ1) is 17.9. The van der Waals surface area contributed by atoms with Crippen molar-refractivity contribution in [1.29, 1.82) is 0 Å². The Hall–Kier alpha value is -2.43. The summed E-state index contributed by atoms with van der Waals surface area (Å²) in [6.07, 6.45) is 5.37. The highest BCUT2D eigenvalue weighted by atomic mass is 16.1. The Balaban J connectivity index is 1.83. The molecule has 2 heterocycles. The number of carbonyl (C=O) groups excluding carboxylic acids is 1. The molecular formula is C19H26N4O. The number of aromatic nitrogens is 2. The summed E-state index contributed by atoms with van der Waals surface area (Å²) in [5.74, 6) is 1.06. The second kappa shape index (κ2) is 9.01. The van der Waals surface area contributed by atoms with Crippen LogP contribution in [0.25, 0.3) is 0 Å². The van der Waals surface area contributed by atoms with E-state index in [2.05, 4.69) is 20.2 Å². The number of pyridine rings is 2. The third-order valence-electron chi connectivity index (χ3n) is 4.16. The highest BCUT2D eigenvalue weighted by Crippen LogP contribution is 2.11. The topological polar surface area (TPSA) is 58.1 Å². The normalized spacial score (nSPS) is 11.8. The molecule has 1 N–H and O–H groups in total. The molecule has 0 radical (unpaired) electrons. The number of hydrogen-bond donors (Lipinski definition) is 1. The SMILES string of the molecule is CCC(C)C(=O)NCc1ccc(N(C)CCc2ccccn2)nc1. The van der Waals surface area contributed by atoms with Crippen LogP contribution in [0.5, 0.6) is 0 Å². The van der Waals surface area contributed by atoms with Crippen LogP contribution in [-0.2, 0) is 17.8 Å². The van der Waals surface area contributed by atoms with Crippen molar-refractivity contribution in [3.63, 3.8) is 0 Å². The number of hydrogen-bond acceptors (Lipinski definition) is 4. The van der Waals surface area contributed by atoms with Gasteiger partial charge in [0, 0.05) is 50.6 Å². The van der Waals surface area contributed by atoms with Crippen LogP contribution in [-0.4, -0.2) is 29.5 Å². The Labute approximate surface area is 144 Å². The number of likely N-dealkylation sites (N-methyl/N-ethyl adjacent to an activating group) is 1. The van der Waals surface area contributed by atoms with E-state index in [0.29, 0.717) is 6.54 Å².